The van der Waals surface area contributed by atoms with Crippen LogP contribution < -0.4 is 4.74 Å². The van der Waals surface area contributed by atoms with Crippen LogP contribution in [-0.2, 0) is 0 Å². The first-order valence-electron chi connectivity index (χ1n) is 5.09. The zero-order valence-electron chi connectivity index (χ0n) is 9.64. The Hall–Kier alpha value is -1.69. The third-order valence-electron chi connectivity index (χ3n) is 2.10. The molecule has 0 spiro atoms. The molecular formula is C11H14FNO4. The molecule has 0 heterocycles. The molecule has 17 heavy (non-hydrogen) atoms. The number of halogens is 1. The van der Waals surface area contributed by atoms with E-state index in [1.807, 2.05) is 0 Å². The molecule has 6 heteroatoms. The summed E-state index contributed by atoms with van der Waals surface area (Å²) in [6, 6.07) is 3.18. The van der Waals surface area contributed by atoms with E-state index in [4.69, 9.17) is 4.74 Å². The third-order valence-corrected chi connectivity index (χ3v) is 2.10. The molecule has 1 N–H and O–H groups in total. The fraction of sp³-hybridized carbons (Fsp3) is 0.455. The van der Waals surface area contributed by atoms with E-state index >= 15 is 0 Å². The minimum absolute atomic E-state index is 0.0557. The Balaban J connectivity index is 2.64. The Morgan fingerprint density at radius 1 is 1.53 bits per heavy atom. The van der Waals surface area contributed by atoms with Crippen molar-refractivity contribution in [2.24, 2.45) is 0 Å². The number of ether oxygens (including phenoxy) is 1. The third kappa shape index (κ3) is 4.36. The fourth-order valence-electron chi connectivity index (χ4n) is 1.13. The molecule has 1 aromatic rings. The summed E-state index contributed by atoms with van der Waals surface area (Å²) in [6.45, 7) is 3.36. The van der Waals surface area contributed by atoms with Gasteiger partial charge in [-0.1, -0.05) is 0 Å². The summed E-state index contributed by atoms with van der Waals surface area (Å²) >= 11 is 0. The van der Waals surface area contributed by atoms with Crippen LogP contribution in [0.15, 0.2) is 18.2 Å². The van der Waals surface area contributed by atoms with E-state index in [1.165, 1.54) is 12.1 Å². The van der Waals surface area contributed by atoms with Crippen LogP contribution >= 0.6 is 0 Å². The van der Waals surface area contributed by atoms with E-state index in [9.17, 15) is 19.6 Å². The predicted octanol–water partition coefficient (Wildman–Crippen LogP) is 2.27. The van der Waals surface area contributed by atoms with Crippen LogP contribution in [0.5, 0.6) is 5.75 Å². The van der Waals surface area contributed by atoms with Crippen LogP contribution in [0.3, 0.4) is 0 Å². The Labute approximate surface area is 98.0 Å². The highest BCUT2D eigenvalue weighted by molar-refractivity contribution is 5.37. The van der Waals surface area contributed by atoms with Gasteiger partial charge in [0.05, 0.1) is 23.2 Å². The van der Waals surface area contributed by atoms with E-state index in [2.05, 4.69) is 0 Å². The first kappa shape index (κ1) is 13.4. The second-order valence-electron chi connectivity index (χ2n) is 4.28. The average Bonchev–Trinajstić information content (AvgIpc) is 2.18. The van der Waals surface area contributed by atoms with E-state index in [-0.39, 0.29) is 18.0 Å². The standard InChI is InChI=1S/C11H14FNO4/c1-11(2,14)5-6-17-10-4-3-8(13(15)16)7-9(10)12/h3-4,7,14H,5-6H2,1-2H3. The zero-order valence-corrected chi connectivity index (χ0v) is 9.64. The Bertz CT molecular complexity index is 414. The molecule has 0 fully saturated rings. The number of rotatable bonds is 5. The van der Waals surface area contributed by atoms with Gasteiger partial charge in [-0.3, -0.25) is 10.1 Å². The van der Waals surface area contributed by atoms with Crippen molar-refractivity contribution in [3.05, 3.63) is 34.1 Å². The SMILES string of the molecule is CC(C)(O)CCOc1ccc([N+](=O)[O-])cc1F. The molecule has 94 valence electrons. The maximum atomic E-state index is 13.3. The lowest BCUT2D eigenvalue weighted by Crippen LogP contribution is -2.21. The minimum atomic E-state index is -0.892. The van der Waals surface area contributed by atoms with Gasteiger partial charge in [0.2, 0.25) is 0 Å². The molecule has 1 aromatic carbocycles. The molecule has 1 rings (SSSR count). The largest absolute Gasteiger partial charge is 0.490 e. The maximum absolute atomic E-state index is 13.3. The van der Waals surface area contributed by atoms with Gasteiger partial charge in [0.25, 0.3) is 5.69 Å². The van der Waals surface area contributed by atoms with Crippen LogP contribution in [0.4, 0.5) is 10.1 Å². The normalized spacial score (nSPS) is 11.3. The molecule has 0 aliphatic carbocycles. The van der Waals surface area contributed by atoms with Crippen LogP contribution in [0, 0.1) is 15.9 Å². The molecule has 0 aromatic heterocycles. The number of nitro benzene ring substituents is 1. The van der Waals surface area contributed by atoms with Crippen molar-refractivity contribution in [3.63, 3.8) is 0 Å². The molecule has 0 aliphatic rings. The molecule has 0 aliphatic heterocycles. The summed E-state index contributed by atoms with van der Waals surface area (Å²) in [4.78, 5) is 9.70. The second kappa shape index (κ2) is 5.09. The van der Waals surface area contributed by atoms with Crippen LogP contribution in [0.25, 0.3) is 0 Å². The number of hydrogen-bond acceptors (Lipinski definition) is 4. The van der Waals surface area contributed by atoms with Gasteiger partial charge in [0, 0.05) is 12.5 Å². The van der Waals surface area contributed by atoms with E-state index in [1.54, 1.807) is 13.8 Å². The van der Waals surface area contributed by atoms with Gasteiger partial charge < -0.3 is 9.84 Å². The van der Waals surface area contributed by atoms with E-state index in [0.717, 1.165) is 6.07 Å². The van der Waals surface area contributed by atoms with Gasteiger partial charge in [-0.15, -0.1) is 0 Å². The Kier molecular flexibility index (Phi) is 4.01. The smallest absolute Gasteiger partial charge is 0.272 e. The fourth-order valence-corrected chi connectivity index (χ4v) is 1.13. The van der Waals surface area contributed by atoms with Gasteiger partial charge in [0.15, 0.2) is 11.6 Å². The highest BCUT2D eigenvalue weighted by Gasteiger charge is 2.14. The number of non-ortho nitro benzene ring substituents is 1. The summed E-state index contributed by atoms with van der Waals surface area (Å²) in [5.41, 5.74) is -1.21. The second-order valence-corrected chi connectivity index (χ2v) is 4.28. The van der Waals surface area contributed by atoms with Gasteiger partial charge in [-0.05, 0) is 19.9 Å². The molecule has 0 radical (unpaired) electrons. The number of nitrogens with zero attached hydrogens (tertiary/aromatic N) is 1. The number of aliphatic hydroxyl groups is 1. The maximum Gasteiger partial charge on any atom is 0.272 e. The van der Waals surface area contributed by atoms with Gasteiger partial charge in [0.1, 0.15) is 0 Å². The summed E-state index contributed by atoms with van der Waals surface area (Å²) in [6.07, 6.45) is 0.337. The van der Waals surface area contributed by atoms with Crippen molar-refractivity contribution in [1.82, 2.24) is 0 Å². The lowest BCUT2D eigenvalue weighted by Gasteiger charge is -2.17. The zero-order chi connectivity index (χ0) is 13.1. The lowest BCUT2D eigenvalue weighted by molar-refractivity contribution is -0.385. The van der Waals surface area contributed by atoms with Gasteiger partial charge in [-0.25, -0.2) is 4.39 Å². The monoisotopic (exact) mass is 243 g/mol. The van der Waals surface area contributed by atoms with Crippen LogP contribution in [0.2, 0.25) is 0 Å². The number of hydrogen-bond donors (Lipinski definition) is 1. The van der Waals surface area contributed by atoms with Crippen molar-refractivity contribution in [2.45, 2.75) is 25.9 Å². The predicted molar refractivity (Wildman–Crippen MR) is 59.5 cm³/mol. The summed E-state index contributed by atoms with van der Waals surface area (Å²) in [7, 11) is 0. The molecule has 5 nitrogen and oxygen atoms in total. The first-order valence-corrected chi connectivity index (χ1v) is 5.09. The minimum Gasteiger partial charge on any atom is -0.490 e. The molecule has 0 amide bonds. The van der Waals surface area contributed by atoms with Crippen molar-refractivity contribution in [1.29, 1.82) is 0 Å². The van der Waals surface area contributed by atoms with Gasteiger partial charge >= 0.3 is 0 Å². The summed E-state index contributed by atoms with van der Waals surface area (Å²) in [5, 5.41) is 19.8. The van der Waals surface area contributed by atoms with Gasteiger partial charge in [-0.2, -0.15) is 0 Å². The Morgan fingerprint density at radius 2 is 2.18 bits per heavy atom. The molecule has 0 bridgehead atoms. The van der Waals surface area contributed by atoms with Crippen LogP contribution in [-0.4, -0.2) is 22.2 Å². The van der Waals surface area contributed by atoms with Crippen molar-refractivity contribution in [3.8, 4) is 5.75 Å². The van der Waals surface area contributed by atoms with Crippen LogP contribution in [0.1, 0.15) is 20.3 Å². The van der Waals surface area contributed by atoms with Crippen molar-refractivity contribution in [2.75, 3.05) is 6.61 Å². The van der Waals surface area contributed by atoms with E-state index in [0.29, 0.717) is 6.42 Å². The molecular weight excluding hydrogens is 229 g/mol. The lowest BCUT2D eigenvalue weighted by atomic mass is 10.1. The molecule has 0 saturated carbocycles. The average molecular weight is 243 g/mol. The van der Waals surface area contributed by atoms with Crippen molar-refractivity contribution >= 4 is 5.69 Å². The highest BCUT2D eigenvalue weighted by Crippen LogP contribution is 2.23. The van der Waals surface area contributed by atoms with E-state index < -0.39 is 16.3 Å². The summed E-state index contributed by atoms with van der Waals surface area (Å²) < 4.78 is 18.4. The number of benzene rings is 1. The molecule has 0 atom stereocenters. The topological polar surface area (TPSA) is 72.6 Å². The quantitative estimate of drug-likeness (QED) is 0.636. The first-order chi connectivity index (χ1) is 7.79. The summed E-state index contributed by atoms with van der Waals surface area (Å²) in [5.74, 6) is -0.838. The molecule has 0 unspecified atom stereocenters. The molecule has 0 saturated heterocycles. The highest BCUT2D eigenvalue weighted by atomic mass is 19.1. The van der Waals surface area contributed by atoms with Crippen molar-refractivity contribution < 1.29 is 19.2 Å². The number of nitro groups is 1. The Morgan fingerprint density at radius 3 is 2.65 bits per heavy atom.